The van der Waals surface area contributed by atoms with E-state index in [2.05, 4.69) is 4.18 Å². The fraction of sp³-hybridized carbons (Fsp3) is 0.400. The zero-order valence-electron chi connectivity index (χ0n) is 10.1. The zero-order chi connectivity index (χ0) is 15.8. The zero-order valence-corrected chi connectivity index (χ0v) is 13.2. The number of rotatable bonds is 2. The van der Waals surface area contributed by atoms with E-state index in [1.54, 1.807) is 0 Å². The van der Waals surface area contributed by atoms with Crippen LogP contribution >= 0.6 is 34.8 Å². The second-order valence-corrected chi connectivity index (χ2v) is 7.77. The van der Waals surface area contributed by atoms with Crippen LogP contribution in [0.2, 0.25) is 0 Å². The molecule has 1 aromatic carbocycles. The first-order valence-corrected chi connectivity index (χ1v) is 7.98. The van der Waals surface area contributed by atoms with Gasteiger partial charge in [-0.3, -0.25) is 10.1 Å². The lowest BCUT2D eigenvalue weighted by molar-refractivity contribution is -0.384. The maximum absolute atomic E-state index is 11.5. The average Bonchev–Trinajstić information content (AvgIpc) is 2.36. The minimum atomic E-state index is -4.33. The van der Waals surface area contributed by atoms with Crippen molar-refractivity contribution in [2.24, 2.45) is 0 Å². The Labute approximate surface area is 135 Å². The summed E-state index contributed by atoms with van der Waals surface area (Å²) in [5, 5.41) is 10.6. The van der Waals surface area contributed by atoms with E-state index in [4.69, 9.17) is 39.0 Å². The number of nitro groups is 1. The quantitative estimate of drug-likeness (QED) is 0.447. The fourth-order valence-electron chi connectivity index (χ4n) is 1.77. The molecule has 2 rings (SSSR count). The number of hydrogen-bond acceptors (Lipinski definition) is 6. The van der Waals surface area contributed by atoms with E-state index in [0.29, 0.717) is 5.56 Å². The van der Waals surface area contributed by atoms with E-state index in [1.165, 1.54) is 24.3 Å². The maximum atomic E-state index is 11.5. The summed E-state index contributed by atoms with van der Waals surface area (Å²) >= 11 is 17.0. The smallest absolute Gasteiger partial charge is 0.258 e. The Bertz CT molecular complexity index is 642. The Morgan fingerprint density at radius 2 is 1.76 bits per heavy atom. The van der Waals surface area contributed by atoms with Gasteiger partial charge in [-0.25, -0.2) is 8.37 Å². The number of nitro benzene ring substituents is 1. The molecule has 0 N–H and O–H groups in total. The predicted molar refractivity (Wildman–Crippen MR) is 75.6 cm³/mol. The van der Waals surface area contributed by atoms with Crippen molar-refractivity contribution in [2.75, 3.05) is 0 Å². The van der Waals surface area contributed by atoms with E-state index < -0.39 is 31.3 Å². The minimum absolute atomic E-state index is 0.0342. The van der Waals surface area contributed by atoms with Gasteiger partial charge >= 0.3 is 10.4 Å². The molecule has 1 aliphatic heterocycles. The molecule has 21 heavy (non-hydrogen) atoms. The minimum Gasteiger partial charge on any atom is -0.258 e. The Morgan fingerprint density at radius 3 is 2.24 bits per heavy atom. The molecule has 0 saturated carbocycles. The molecule has 0 aromatic heterocycles. The highest BCUT2D eigenvalue weighted by atomic mass is 35.6. The van der Waals surface area contributed by atoms with Gasteiger partial charge in [-0.2, -0.15) is 8.42 Å². The molecule has 1 heterocycles. The molecule has 1 aliphatic rings. The van der Waals surface area contributed by atoms with Crippen LogP contribution < -0.4 is 0 Å². The molecule has 0 unspecified atom stereocenters. The lowest BCUT2D eigenvalue weighted by Gasteiger charge is -2.32. The van der Waals surface area contributed by atoms with Crippen LogP contribution in [0.4, 0.5) is 5.69 Å². The molecule has 116 valence electrons. The highest BCUT2D eigenvalue weighted by molar-refractivity contribution is 7.81. The molecule has 0 aliphatic carbocycles. The van der Waals surface area contributed by atoms with Crippen molar-refractivity contribution < 1.29 is 21.7 Å². The molecular weight excluding hydrogens is 369 g/mol. The Kier molecular flexibility index (Phi) is 4.67. The molecule has 1 saturated heterocycles. The predicted octanol–water partition coefficient (Wildman–Crippen LogP) is 3.06. The van der Waals surface area contributed by atoms with Crippen molar-refractivity contribution in [1.29, 1.82) is 0 Å². The van der Waals surface area contributed by atoms with Crippen LogP contribution in [-0.2, 0) is 18.8 Å². The first kappa shape index (κ1) is 16.7. The van der Waals surface area contributed by atoms with Gasteiger partial charge in [0.1, 0.15) is 12.2 Å². The maximum Gasteiger partial charge on any atom is 0.400 e. The summed E-state index contributed by atoms with van der Waals surface area (Å²) in [4.78, 5) is 10.0. The number of non-ortho nitro benzene ring substituents is 1. The van der Waals surface area contributed by atoms with E-state index in [9.17, 15) is 18.5 Å². The van der Waals surface area contributed by atoms with E-state index >= 15 is 0 Å². The topological polar surface area (TPSA) is 95.7 Å². The summed E-state index contributed by atoms with van der Waals surface area (Å²) in [5.74, 6) is 0. The fourth-order valence-corrected chi connectivity index (χ4v) is 3.36. The van der Waals surface area contributed by atoms with Crippen LogP contribution in [0.25, 0.3) is 0 Å². The SMILES string of the molecule is O=[N+]([O-])c1ccc([C@H]2C[C@@H](C(Cl)(Cl)Cl)OS(=O)(=O)O2)cc1. The lowest BCUT2D eigenvalue weighted by Crippen LogP contribution is -2.38. The highest BCUT2D eigenvalue weighted by Gasteiger charge is 2.44. The third-order valence-corrected chi connectivity index (χ3v) is 4.40. The number of halogens is 3. The summed E-state index contributed by atoms with van der Waals surface area (Å²) in [7, 11) is -4.33. The second kappa shape index (κ2) is 5.86. The third-order valence-electron chi connectivity index (χ3n) is 2.74. The van der Waals surface area contributed by atoms with Crippen LogP contribution in [0.3, 0.4) is 0 Å². The van der Waals surface area contributed by atoms with Crippen LogP contribution in [0.1, 0.15) is 18.1 Å². The van der Waals surface area contributed by atoms with E-state index in [0.717, 1.165) is 0 Å². The van der Waals surface area contributed by atoms with Crippen LogP contribution in [-0.4, -0.2) is 23.2 Å². The van der Waals surface area contributed by atoms with Gasteiger partial charge in [-0.15, -0.1) is 0 Å². The highest BCUT2D eigenvalue weighted by Crippen LogP contribution is 2.42. The second-order valence-electron chi connectivity index (χ2n) is 4.20. The van der Waals surface area contributed by atoms with Crippen molar-refractivity contribution in [3.8, 4) is 0 Å². The normalized spacial score (nSPS) is 25.5. The monoisotopic (exact) mass is 375 g/mol. The molecule has 1 aromatic rings. The van der Waals surface area contributed by atoms with Gasteiger partial charge in [0.15, 0.2) is 0 Å². The van der Waals surface area contributed by atoms with Crippen LogP contribution in [0.15, 0.2) is 24.3 Å². The summed E-state index contributed by atoms with van der Waals surface area (Å²) in [6.07, 6.45) is -2.21. The van der Waals surface area contributed by atoms with Crippen molar-refractivity contribution in [3.05, 3.63) is 39.9 Å². The first-order valence-electron chi connectivity index (χ1n) is 5.51. The van der Waals surface area contributed by atoms with Crippen molar-refractivity contribution in [3.63, 3.8) is 0 Å². The Morgan fingerprint density at radius 1 is 1.19 bits per heavy atom. The molecule has 11 heteroatoms. The summed E-state index contributed by atoms with van der Waals surface area (Å²) in [6, 6.07) is 5.20. The molecular formula is C10H8Cl3NO6S. The number of alkyl halides is 3. The molecule has 0 amide bonds. The van der Waals surface area contributed by atoms with Gasteiger partial charge in [-0.05, 0) is 17.7 Å². The van der Waals surface area contributed by atoms with Gasteiger partial charge in [0.2, 0.25) is 3.79 Å². The number of benzene rings is 1. The van der Waals surface area contributed by atoms with Crippen LogP contribution in [0.5, 0.6) is 0 Å². The summed E-state index contributed by atoms with van der Waals surface area (Å²) in [6.45, 7) is 0. The van der Waals surface area contributed by atoms with Gasteiger partial charge < -0.3 is 0 Å². The molecule has 0 bridgehead atoms. The Hall–Kier alpha value is -0.640. The van der Waals surface area contributed by atoms with E-state index in [-0.39, 0.29) is 12.1 Å². The van der Waals surface area contributed by atoms with Gasteiger partial charge in [-0.1, -0.05) is 34.8 Å². The molecule has 0 radical (unpaired) electrons. The largest absolute Gasteiger partial charge is 0.400 e. The number of hydrogen-bond donors (Lipinski definition) is 0. The van der Waals surface area contributed by atoms with Crippen LogP contribution in [0, 0.1) is 10.1 Å². The molecule has 1 fully saturated rings. The van der Waals surface area contributed by atoms with Gasteiger partial charge in [0.25, 0.3) is 5.69 Å². The molecule has 7 nitrogen and oxygen atoms in total. The average molecular weight is 377 g/mol. The molecule has 2 atom stereocenters. The number of nitrogens with zero attached hydrogens (tertiary/aromatic N) is 1. The van der Waals surface area contributed by atoms with Gasteiger partial charge in [0.05, 0.1) is 4.92 Å². The summed E-state index contributed by atoms with van der Waals surface area (Å²) in [5.41, 5.74) is 0.262. The van der Waals surface area contributed by atoms with E-state index in [1.807, 2.05) is 0 Å². The van der Waals surface area contributed by atoms with Crippen molar-refractivity contribution in [1.82, 2.24) is 0 Å². The Balaban J connectivity index is 2.28. The standard InChI is InChI=1S/C10H8Cl3NO6S/c11-10(12,13)9-5-8(19-21(17,18)20-9)6-1-3-7(4-2-6)14(15)16/h1-4,8-9H,5H2/t8-,9+/m1/s1. The third kappa shape index (κ3) is 4.18. The van der Waals surface area contributed by atoms with Gasteiger partial charge in [0, 0.05) is 18.6 Å². The van der Waals surface area contributed by atoms with Crippen molar-refractivity contribution >= 4 is 50.9 Å². The first-order chi connectivity index (χ1) is 9.58. The summed E-state index contributed by atoms with van der Waals surface area (Å²) < 4.78 is 30.5. The lowest BCUT2D eigenvalue weighted by atomic mass is 10.0. The van der Waals surface area contributed by atoms with Crippen molar-refractivity contribution in [2.45, 2.75) is 22.4 Å². The molecule has 0 spiro atoms.